The molecule has 3 heteroatoms. The summed E-state index contributed by atoms with van der Waals surface area (Å²) < 4.78 is 10.5. The van der Waals surface area contributed by atoms with Crippen molar-refractivity contribution in [2.75, 3.05) is 13.7 Å². The van der Waals surface area contributed by atoms with E-state index in [4.69, 9.17) is 9.15 Å². The Morgan fingerprint density at radius 2 is 2.43 bits per heavy atom. The van der Waals surface area contributed by atoms with E-state index in [9.17, 15) is 0 Å². The summed E-state index contributed by atoms with van der Waals surface area (Å²) in [6.07, 6.45) is 7.13. The van der Waals surface area contributed by atoms with Gasteiger partial charge in [-0.15, -0.1) is 0 Å². The first kappa shape index (κ1) is 9.74. The van der Waals surface area contributed by atoms with E-state index < -0.39 is 0 Å². The second-order valence-corrected chi connectivity index (χ2v) is 3.98. The topological polar surface area (TPSA) is 34.4 Å². The molecule has 1 N–H and O–H groups in total. The Balaban J connectivity index is 1.72. The van der Waals surface area contributed by atoms with Crippen LogP contribution in [0, 0.1) is 0 Å². The molecular formula is C11H17NO2. The Labute approximate surface area is 84.4 Å². The molecule has 0 saturated heterocycles. The predicted octanol–water partition coefficient (Wildman–Crippen LogP) is 1.94. The molecule has 1 aliphatic carbocycles. The number of rotatable bonds is 5. The molecule has 1 aromatic rings. The van der Waals surface area contributed by atoms with E-state index in [0.29, 0.717) is 0 Å². The molecular weight excluding hydrogens is 178 g/mol. The quantitative estimate of drug-likeness (QED) is 0.779. The largest absolute Gasteiger partial charge is 0.472 e. The third-order valence-corrected chi connectivity index (χ3v) is 3.05. The minimum Gasteiger partial charge on any atom is -0.472 e. The van der Waals surface area contributed by atoms with E-state index in [1.165, 1.54) is 24.8 Å². The van der Waals surface area contributed by atoms with Gasteiger partial charge in [-0.1, -0.05) is 0 Å². The maximum absolute atomic E-state index is 5.51. The summed E-state index contributed by atoms with van der Waals surface area (Å²) in [4.78, 5) is 0. The van der Waals surface area contributed by atoms with Crippen LogP contribution in [0.4, 0.5) is 0 Å². The first-order valence-corrected chi connectivity index (χ1v) is 5.12. The fourth-order valence-corrected chi connectivity index (χ4v) is 1.85. The van der Waals surface area contributed by atoms with Crippen LogP contribution in [-0.4, -0.2) is 19.3 Å². The lowest BCUT2D eigenvalue weighted by molar-refractivity contribution is -0.0695. The van der Waals surface area contributed by atoms with Gasteiger partial charge in [-0.25, -0.2) is 0 Å². The summed E-state index contributed by atoms with van der Waals surface area (Å²) in [6, 6.07) is 1.98. The predicted molar refractivity (Wildman–Crippen MR) is 54.0 cm³/mol. The van der Waals surface area contributed by atoms with Gasteiger partial charge in [-0.05, 0) is 25.3 Å². The lowest BCUT2D eigenvalue weighted by Gasteiger charge is -2.40. The number of ether oxygens (including phenoxy) is 1. The molecule has 14 heavy (non-hydrogen) atoms. The normalized spacial score (nSPS) is 19.2. The molecule has 0 aromatic carbocycles. The minimum absolute atomic E-state index is 0.115. The van der Waals surface area contributed by atoms with E-state index in [2.05, 4.69) is 5.32 Å². The molecule has 1 saturated carbocycles. The van der Waals surface area contributed by atoms with Crippen LogP contribution in [0.2, 0.25) is 0 Å². The van der Waals surface area contributed by atoms with Crippen LogP contribution in [0.25, 0.3) is 0 Å². The third-order valence-electron chi connectivity index (χ3n) is 3.05. The zero-order chi connectivity index (χ0) is 9.86. The van der Waals surface area contributed by atoms with Gasteiger partial charge in [0, 0.05) is 25.8 Å². The monoisotopic (exact) mass is 195 g/mol. The van der Waals surface area contributed by atoms with Gasteiger partial charge in [-0.2, -0.15) is 0 Å². The van der Waals surface area contributed by atoms with Crippen molar-refractivity contribution in [3.8, 4) is 0 Å². The van der Waals surface area contributed by atoms with Crippen molar-refractivity contribution in [3.63, 3.8) is 0 Å². The van der Waals surface area contributed by atoms with Gasteiger partial charge >= 0.3 is 0 Å². The molecule has 0 bridgehead atoms. The van der Waals surface area contributed by atoms with Gasteiger partial charge < -0.3 is 14.5 Å². The van der Waals surface area contributed by atoms with Crippen LogP contribution < -0.4 is 5.32 Å². The average molecular weight is 195 g/mol. The molecule has 1 heterocycles. The highest BCUT2D eigenvalue weighted by molar-refractivity contribution is 5.05. The molecule has 0 atom stereocenters. The Morgan fingerprint density at radius 3 is 2.93 bits per heavy atom. The van der Waals surface area contributed by atoms with Crippen LogP contribution in [0.5, 0.6) is 0 Å². The number of nitrogens with one attached hydrogen (secondary N) is 1. The van der Waals surface area contributed by atoms with E-state index in [1.54, 1.807) is 19.6 Å². The molecule has 0 aliphatic heterocycles. The van der Waals surface area contributed by atoms with Gasteiger partial charge in [0.1, 0.15) is 0 Å². The lowest BCUT2D eigenvalue weighted by Crippen LogP contribution is -2.47. The summed E-state index contributed by atoms with van der Waals surface area (Å²) >= 11 is 0. The summed E-state index contributed by atoms with van der Waals surface area (Å²) in [6.45, 7) is 1.80. The van der Waals surface area contributed by atoms with Crippen LogP contribution in [0.3, 0.4) is 0 Å². The smallest absolute Gasteiger partial charge is 0.0947 e. The Hall–Kier alpha value is -0.800. The summed E-state index contributed by atoms with van der Waals surface area (Å²) in [5, 5.41) is 3.40. The van der Waals surface area contributed by atoms with Gasteiger partial charge in [0.05, 0.1) is 18.1 Å². The number of methoxy groups -OCH3 is 1. The van der Waals surface area contributed by atoms with Crippen LogP contribution in [0.15, 0.2) is 23.0 Å². The second kappa shape index (κ2) is 4.15. The summed E-state index contributed by atoms with van der Waals surface area (Å²) in [5.74, 6) is 0. The van der Waals surface area contributed by atoms with E-state index in [0.717, 1.165) is 13.1 Å². The maximum Gasteiger partial charge on any atom is 0.0947 e. The number of hydrogen-bond donors (Lipinski definition) is 1. The van der Waals surface area contributed by atoms with E-state index >= 15 is 0 Å². The first-order valence-electron chi connectivity index (χ1n) is 5.12. The van der Waals surface area contributed by atoms with Gasteiger partial charge in [-0.3, -0.25) is 0 Å². The van der Waals surface area contributed by atoms with Crippen molar-refractivity contribution in [2.45, 2.75) is 31.4 Å². The van der Waals surface area contributed by atoms with Crippen molar-refractivity contribution < 1.29 is 9.15 Å². The van der Waals surface area contributed by atoms with Crippen LogP contribution >= 0.6 is 0 Å². The van der Waals surface area contributed by atoms with Crippen molar-refractivity contribution in [3.05, 3.63) is 24.2 Å². The minimum atomic E-state index is 0.115. The van der Waals surface area contributed by atoms with E-state index in [1.807, 2.05) is 6.07 Å². The second-order valence-electron chi connectivity index (χ2n) is 3.98. The lowest BCUT2D eigenvalue weighted by atomic mass is 9.80. The fourth-order valence-electron chi connectivity index (χ4n) is 1.85. The van der Waals surface area contributed by atoms with E-state index in [-0.39, 0.29) is 5.60 Å². The van der Waals surface area contributed by atoms with Crippen molar-refractivity contribution in [1.29, 1.82) is 0 Å². The van der Waals surface area contributed by atoms with Gasteiger partial charge in [0.25, 0.3) is 0 Å². The first-order chi connectivity index (χ1) is 6.85. The fraction of sp³-hybridized carbons (Fsp3) is 0.636. The molecule has 0 unspecified atom stereocenters. The SMILES string of the molecule is COC1(CNCc2ccoc2)CCC1. The van der Waals surface area contributed by atoms with Crippen molar-refractivity contribution in [2.24, 2.45) is 0 Å². The highest BCUT2D eigenvalue weighted by atomic mass is 16.5. The molecule has 0 radical (unpaired) electrons. The average Bonchev–Trinajstić information content (AvgIpc) is 2.62. The highest BCUT2D eigenvalue weighted by Crippen LogP contribution is 2.34. The number of hydrogen-bond acceptors (Lipinski definition) is 3. The van der Waals surface area contributed by atoms with Gasteiger partial charge in [0.15, 0.2) is 0 Å². The standard InChI is InChI=1S/C11H17NO2/c1-13-11(4-2-5-11)9-12-7-10-3-6-14-8-10/h3,6,8,12H,2,4-5,7,9H2,1H3. The molecule has 1 fully saturated rings. The van der Waals surface area contributed by atoms with Crippen LogP contribution in [0.1, 0.15) is 24.8 Å². The molecule has 2 rings (SSSR count). The van der Waals surface area contributed by atoms with Gasteiger partial charge in [0.2, 0.25) is 0 Å². The number of furan rings is 1. The van der Waals surface area contributed by atoms with Crippen molar-refractivity contribution in [1.82, 2.24) is 5.32 Å². The molecule has 0 spiro atoms. The Bertz CT molecular complexity index is 259. The van der Waals surface area contributed by atoms with Crippen molar-refractivity contribution >= 4 is 0 Å². The highest BCUT2D eigenvalue weighted by Gasteiger charge is 2.36. The maximum atomic E-state index is 5.51. The third kappa shape index (κ3) is 1.99. The molecule has 1 aromatic heterocycles. The Kier molecular flexibility index (Phi) is 2.89. The molecule has 1 aliphatic rings. The molecule has 78 valence electrons. The molecule has 3 nitrogen and oxygen atoms in total. The zero-order valence-corrected chi connectivity index (χ0v) is 8.58. The summed E-state index contributed by atoms with van der Waals surface area (Å²) in [7, 11) is 1.80. The zero-order valence-electron chi connectivity index (χ0n) is 8.58. The Morgan fingerprint density at radius 1 is 1.57 bits per heavy atom. The van der Waals surface area contributed by atoms with Crippen LogP contribution in [-0.2, 0) is 11.3 Å². The summed E-state index contributed by atoms with van der Waals surface area (Å²) in [5.41, 5.74) is 1.31. The molecule has 0 amide bonds.